The third kappa shape index (κ3) is 8.44. The molecule has 1 N–H and O–H groups in total. The summed E-state index contributed by atoms with van der Waals surface area (Å²) < 4.78 is 83.0. The standard InChI is InChI=1S/C32H29F3N2O4S2.2C2H6/c1-20(32(33,34)35)22-13-14-36-26(17-22)25-10-5-9-23-18-29(42-31(23)25)30(21-7-3-2-4-8-21)37-43(38,39)24-11-12-27-28(19-24)41-16-6-15-40-27;2*1-2/h3,5,7-14,17-20,30,37H,2,4,6,15-16H2,1H3;2*1-2H3/t20?,30-;;/m0../s1. The number of benzene rings is 2. The van der Waals surface area contributed by atoms with Gasteiger partial charge in [-0.15, -0.1) is 11.3 Å². The summed E-state index contributed by atoms with van der Waals surface area (Å²) in [4.78, 5) is 5.20. The summed E-state index contributed by atoms with van der Waals surface area (Å²) in [6, 6.07) is 14.2. The lowest BCUT2D eigenvalue weighted by Crippen LogP contribution is -2.29. The molecule has 3 heterocycles. The first kappa shape index (κ1) is 36.2. The minimum absolute atomic E-state index is 0.0590. The van der Waals surface area contributed by atoms with Gasteiger partial charge in [-0.1, -0.05) is 64.1 Å². The van der Waals surface area contributed by atoms with Crippen LogP contribution in [0.3, 0.4) is 0 Å². The molecule has 1 aliphatic heterocycles. The van der Waals surface area contributed by atoms with Gasteiger partial charge in [0.05, 0.1) is 35.8 Å². The number of aromatic nitrogens is 1. The van der Waals surface area contributed by atoms with E-state index in [1.807, 2.05) is 70.2 Å². The molecule has 2 atom stereocenters. The Morgan fingerprint density at radius 2 is 1.68 bits per heavy atom. The average molecular weight is 687 g/mol. The molecule has 0 saturated carbocycles. The van der Waals surface area contributed by atoms with Crippen molar-refractivity contribution in [1.29, 1.82) is 0 Å². The van der Waals surface area contributed by atoms with Gasteiger partial charge in [0.25, 0.3) is 0 Å². The maximum absolute atomic E-state index is 13.8. The van der Waals surface area contributed by atoms with Crippen LogP contribution in [0.4, 0.5) is 13.2 Å². The van der Waals surface area contributed by atoms with Crippen LogP contribution in [0.1, 0.15) is 76.3 Å². The molecule has 2 aromatic heterocycles. The highest BCUT2D eigenvalue weighted by Gasteiger charge is 2.37. The molecule has 47 heavy (non-hydrogen) atoms. The Morgan fingerprint density at radius 3 is 2.38 bits per heavy atom. The van der Waals surface area contributed by atoms with Gasteiger partial charge in [-0.25, -0.2) is 8.42 Å². The van der Waals surface area contributed by atoms with E-state index < -0.39 is 28.2 Å². The van der Waals surface area contributed by atoms with E-state index in [0.717, 1.165) is 40.3 Å². The number of nitrogens with one attached hydrogen (secondary N) is 1. The topological polar surface area (TPSA) is 77.5 Å². The number of fused-ring (bicyclic) bond motifs is 2. The number of hydrogen-bond donors (Lipinski definition) is 1. The van der Waals surface area contributed by atoms with E-state index in [2.05, 4.69) is 9.71 Å². The Hall–Kier alpha value is -3.67. The highest BCUT2D eigenvalue weighted by molar-refractivity contribution is 7.89. The molecule has 6 nitrogen and oxygen atoms in total. The monoisotopic (exact) mass is 686 g/mol. The smallest absolute Gasteiger partial charge is 0.395 e. The van der Waals surface area contributed by atoms with Crippen molar-refractivity contribution in [1.82, 2.24) is 9.71 Å². The van der Waals surface area contributed by atoms with Gasteiger partial charge in [-0.3, -0.25) is 4.98 Å². The van der Waals surface area contributed by atoms with Crippen molar-refractivity contribution in [2.45, 2.75) is 76.9 Å². The summed E-state index contributed by atoms with van der Waals surface area (Å²) >= 11 is 1.39. The number of nitrogens with zero attached hydrogens (tertiary/aromatic N) is 1. The zero-order valence-electron chi connectivity index (χ0n) is 27.2. The van der Waals surface area contributed by atoms with Gasteiger partial charge in [-0.2, -0.15) is 17.9 Å². The Labute approximate surface area is 279 Å². The molecule has 1 aliphatic carbocycles. The Kier molecular flexibility index (Phi) is 12.3. The number of thiophene rings is 1. The molecule has 0 spiro atoms. The fourth-order valence-corrected chi connectivity index (χ4v) is 7.71. The van der Waals surface area contributed by atoms with Crippen molar-refractivity contribution in [2.75, 3.05) is 13.2 Å². The number of rotatable bonds is 7. The van der Waals surface area contributed by atoms with Crippen molar-refractivity contribution in [3.8, 4) is 22.8 Å². The Bertz CT molecular complexity index is 1830. The lowest BCUT2D eigenvalue weighted by atomic mass is 9.98. The van der Waals surface area contributed by atoms with Crippen LogP contribution in [0.5, 0.6) is 11.5 Å². The summed E-state index contributed by atoms with van der Waals surface area (Å²) in [5, 5.41) is 0.841. The SMILES string of the molecule is CC.CC.CC(c1ccnc(-c2cccc3cc([C@@H](NS(=O)(=O)c4ccc5c(c4)OCCCO5)C4=CCCC=C4)sc23)c1)C(F)(F)F. The second-order valence-corrected chi connectivity index (χ2v) is 13.3. The van der Waals surface area contributed by atoms with Crippen LogP contribution in [0, 0.1) is 0 Å². The first-order valence-electron chi connectivity index (χ1n) is 15.9. The van der Waals surface area contributed by atoms with Crippen LogP contribution >= 0.6 is 11.3 Å². The van der Waals surface area contributed by atoms with Gasteiger partial charge in [0.2, 0.25) is 10.0 Å². The second kappa shape index (κ2) is 16.0. The molecule has 0 fully saturated rings. The van der Waals surface area contributed by atoms with Gasteiger partial charge in [0.15, 0.2) is 11.5 Å². The van der Waals surface area contributed by atoms with Crippen LogP contribution < -0.4 is 14.2 Å². The first-order chi connectivity index (χ1) is 22.6. The molecule has 6 rings (SSSR count). The third-order valence-electron chi connectivity index (χ3n) is 7.56. The van der Waals surface area contributed by atoms with E-state index in [9.17, 15) is 21.6 Å². The highest BCUT2D eigenvalue weighted by Crippen LogP contribution is 2.41. The van der Waals surface area contributed by atoms with Crippen LogP contribution in [-0.2, 0) is 10.0 Å². The molecule has 0 saturated heterocycles. The van der Waals surface area contributed by atoms with E-state index in [4.69, 9.17) is 9.47 Å². The molecule has 0 bridgehead atoms. The number of hydrogen-bond acceptors (Lipinski definition) is 6. The maximum atomic E-state index is 13.8. The predicted octanol–water partition coefficient (Wildman–Crippen LogP) is 10.1. The molecule has 2 aromatic carbocycles. The van der Waals surface area contributed by atoms with Crippen LogP contribution in [0.15, 0.2) is 89.5 Å². The van der Waals surface area contributed by atoms with Gasteiger partial charge in [0, 0.05) is 33.8 Å². The minimum Gasteiger partial charge on any atom is -0.490 e. The third-order valence-corrected chi connectivity index (χ3v) is 10.2. The van der Waals surface area contributed by atoms with Crippen LogP contribution in [-0.4, -0.2) is 32.8 Å². The van der Waals surface area contributed by atoms with E-state index in [-0.39, 0.29) is 10.5 Å². The molecule has 4 aromatic rings. The number of halogens is 3. The van der Waals surface area contributed by atoms with Gasteiger partial charge < -0.3 is 9.47 Å². The predicted molar refractivity (Wildman–Crippen MR) is 184 cm³/mol. The van der Waals surface area contributed by atoms with E-state index in [1.54, 1.807) is 6.07 Å². The van der Waals surface area contributed by atoms with Gasteiger partial charge in [0.1, 0.15) is 0 Å². The van der Waals surface area contributed by atoms with E-state index in [1.165, 1.54) is 41.8 Å². The minimum atomic E-state index is -4.37. The number of ether oxygens (including phenoxy) is 2. The van der Waals surface area contributed by atoms with Crippen molar-refractivity contribution in [3.63, 3.8) is 0 Å². The van der Waals surface area contributed by atoms with E-state index in [0.29, 0.717) is 42.4 Å². The summed E-state index contributed by atoms with van der Waals surface area (Å²) in [6.07, 6.45) is 5.33. The lowest BCUT2D eigenvalue weighted by Gasteiger charge is -2.21. The molecule has 2 aliphatic rings. The van der Waals surface area contributed by atoms with Crippen molar-refractivity contribution < 1.29 is 31.1 Å². The quantitative estimate of drug-likeness (QED) is 0.209. The fraction of sp³-hybridized carbons (Fsp3) is 0.361. The first-order valence-corrected chi connectivity index (χ1v) is 18.2. The molecule has 252 valence electrons. The molecule has 1 unspecified atom stereocenters. The summed E-state index contributed by atoms with van der Waals surface area (Å²) in [6.45, 7) is 10.1. The fourth-order valence-electron chi connectivity index (χ4n) is 5.15. The number of pyridine rings is 1. The number of alkyl halides is 3. The van der Waals surface area contributed by atoms with Gasteiger partial charge in [-0.05, 0) is 66.6 Å². The Morgan fingerprint density at radius 1 is 0.936 bits per heavy atom. The summed E-state index contributed by atoms with van der Waals surface area (Å²) in [5.41, 5.74) is 2.05. The van der Waals surface area contributed by atoms with Crippen molar-refractivity contribution in [2.24, 2.45) is 0 Å². The summed E-state index contributed by atoms with van der Waals surface area (Å²) in [7, 11) is -4.00. The van der Waals surface area contributed by atoms with E-state index >= 15 is 0 Å². The second-order valence-electron chi connectivity index (χ2n) is 10.5. The Balaban J connectivity index is 0.00000120. The van der Waals surface area contributed by atoms with Crippen molar-refractivity contribution >= 4 is 31.4 Å². The molecule has 11 heteroatoms. The zero-order valence-corrected chi connectivity index (χ0v) is 28.9. The highest BCUT2D eigenvalue weighted by atomic mass is 32.2. The lowest BCUT2D eigenvalue weighted by molar-refractivity contribution is -0.146. The molecule has 0 radical (unpaired) electrons. The van der Waals surface area contributed by atoms with Crippen LogP contribution in [0.25, 0.3) is 21.3 Å². The van der Waals surface area contributed by atoms with Crippen molar-refractivity contribution in [3.05, 3.63) is 95.0 Å². The normalized spacial score (nSPS) is 15.7. The number of sulfonamides is 1. The number of allylic oxidation sites excluding steroid dienone is 2. The van der Waals surface area contributed by atoms with Gasteiger partial charge >= 0.3 is 6.18 Å². The maximum Gasteiger partial charge on any atom is 0.395 e. The average Bonchev–Trinajstić information content (AvgIpc) is 3.39. The summed E-state index contributed by atoms with van der Waals surface area (Å²) in [5.74, 6) is -0.749. The largest absolute Gasteiger partial charge is 0.490 e. The molecule has 0 amide bonds. The molecular weight excluding hydrogens is 646 g/mol. The molecular formula is C36H41F3N2O4S2. The van der Waals surface area contributed by atoms with Crippen LogP contribution in [0.2, 0.25) is 0 Å². The zero-order chi connectivity index (χ0) is 34.2.